The maximum absolute atomic E-state index is 10.4. The smallest absolute Gasteiger partial charge is 0.0958 e. The first-order chi connectivity index (χ1) is 9.29. The molecule has 0 aliphatic carbocycles. The summed E-state index contributed by atoms with van der Waals surface area (Å²) in [5.74, 6) is 0. The number of aliphatic hydroxyl groups excluding tert-OH is 1. The quantitative estimate of drug-likeness (QED) is 0.906. The molecule has 2 rings (SSSR count). The number of aromatic nitrogens is 2. The number of hydrogen-bond acceptors (Lipinski definition) is 4. The summed E-state index contributed by atoms with van der Waals surface area (Å²) in [6, 6.07) is 5.28. The first-order valence-corrected chi connectivity index (χ1v) is 7.76. The van der Waals surface area contributed by atoms with Gasteiger partial charge in [-0.1, -0.05) is 54.5 Å². The van der Waals surface area contributed by atoms with Crippen molar-refractivity contribution in [2.24, 2.45) is 0 Å². The average Bonchev–Trinajstić information content (AvgIpc) is 2.81. The Labute approximate surface area is 132 Å². The molecule has 0 saturated carbocycles. The summed E-state index contributed by atoms with van der Waals surface area (Å²) in [4.78, 5) is 0.795. The highest BCUT2D eigenvalue weighted by Crippen LogP contribution is 2.33. The summed E-state index contributed by atoms with van der Waals surface area (Å²) in [5, 5.41) is 15.7. The van der Waals surface area contributed by atoms with Gasteiger partial charge in [-0.25, -0.2) is 0 Å². The lowest BCUT2D eigenvalue weighted by Gasteiger charge is -2.19. The van der Waals surface area contributed by atoms with E-state index in [9.17, 15) is 5.11 Å². The van der Waals surface area contributed by atoms with Crippen LogP contribution in [0.25, 0.3) is 0 Å². The van der Waals surface area contributed by atoms with Crippen molar-refractivity contribution in [1.29, 1.82) is 0 Å². The topological polar surface area (TPSA) is 46.0 Å². The summed E-state index contributed by atoms with van der Waals surface area (Å²) in [5.41, 5.74) is 1.55. The van der Waals surface area contributed by atoms with Crippen LogP contribution < -0.4 is 0 Å². The standard InChI is InChI=1S/C14H16Cl2N2OS/c1-14(2,3)13-12(20-18-17-13)11(19)6-8-4-5-9(15)7-10(8)16/h4-5,7,11,19H,6H2,1-3H3. The molecule has 1 heterocycles. The molecule has 0 amide bonds. The summed E-state index contributed by atoms with van der Waals surface area (Å²) in [6.45, 7) is 6.15. The van der Waals surface area contributed by atoms with Gasteiger partial charge in [0, 0.05) is 21.9 Å². The van der Waals surface area contributed by atoms with E-state index in [1.165, 1.54) is 11.5 Å². The van der Waals surface area contributed by atoms with Crippen LogP contribution in [0.4, 0.5) is 0 Å². The Bertz CT molecular complexity index is 607. The zero-order chi connectivity index (χ0) is 14.9. The molecule has 0 saturated heterocycles. The van der Waals surface area contributed by atoms with Gasteiger partial charge in [0.25, 0.3) is 0 Å². The van der Waals surface area contributed by atoms with Crippen LogP contribution in [0.5, 0.6) is 0 Å². The normalized spacial score (nSPS) is 13.5. The van der Waals surface area contributed by atoms with Crippen LogP contribution in [-0.4, -0.2) is 14.7 Å². The Morgan fingerprint density at radius 3 is 2.60 bits per heavy atom. The number of rotatable bonds is 3. The fourth-order valence-corrected chi connectivity index (χ4v) is 3.26. The van der Waals surface area contributed by atoms with Crippen molar-refractivity contribution in [3.8, 4) is 0 Å². The third-order valence-electron chi connectivity index (χ3n) is 2.95. The molecule has 0 aliphatic heterocycles. The van der Waals surface area contributed by atoms with Crippen molar-refractivity contribution in [2.45, 2.75) is 38.7 Å². The molecule has 1 atom stereocenters. The molecule has 0 aliphatic rings. The molecule has 1 aromatic heterocycles. The fraction of sp³-hybridized carbons (Fsp3) is 0.429. The van der Waals surface area contributed by atoms with E-state index in [2.05, 4.69) is 30.4 Å². The van der Waals surface area contributed by atoms with Crippen molar-refractivity contribution >= 4 is 34.7 Å². The Morgan fingerprint density at radius 1 is 1.30 bits per heavy atom. The van der Waals surface area contributed by atoms with Crippen LogP contribution in [0.1, 0.15) is 43.0 Å². The molecule has 1 unspecified atom stereocenters. The van der Waals surface area contributed by atoms with Crippen LogP contribution in [0.3, 0.4) is 0 Å². The fourth-order valence-electron chi connectivity index (χ4n) is 1.92. The Hall–Kier alpha value is -0.680. The number of benzene rings is 1. The van der Waals surface area contributed by atoms with E-state index in [1.807, 2.05) is 6.07 Å². The highest BCUT2D eigenvalue weighted by Gasteiger charge is 2.26. The van der Waals surface area contributed by atoms with Crippen molar-refractivity contribution in [1.82, 2.24) is 9.59 Å². The van der Waals surface area contributed by atoms with Crippen LogP contribution >= 0.6 is 34.7 Å². The SMILES string of the molecule is CC(C)(C)c1nnsc1C(O)Cc1ccc(Cl)cc1Cl. The Morgan fingerprint density at radius 2 is 2.00 bits per heavy atom. The first kappa shape index (κ1) is 15.7. The van der Waals surface area contributed by atoms with Crippen molar-refractivity contribution in [3.05, 3.63) is 44.4 Å². The molecule has 20 heavy (non-hydrogen) atoms. The third-order valence-corrected chi connectivity index (χ3v) is 4.37. The second kappa shape index (κ2) is 5.98. The van der Waals surface area contributed by atoms with Crippen LogP contribution in [0.2, 0.25) is 10.0 Å². The molecule has 1 aromatic carbocycles. The van der Waals surface area contributed by atoms with Crippen molar-refractivity contribution < 1.29 is 5.11 Å². The lowest BCUT2D eigenvalue weighted by molar-refractivity contribution is 0.179. The van der Waals surface area contributed by atoms with Gasteiger partial charge in [0.15, 0.2) is 0 Å². The van der Waals surface area contributed by atoms with Crippen LogP contribution in [0, 0.1) is 0 Å². The number of halogens is 2. The van der Waals surface area contributed by atoms with Crippen molar-refractivity contribution in [2.75, 3.05) is 0 Å². The minimum absolute atomic E-state index is 0.146. The predicted molar refractivity (Wildman–Crippen MR) is 83.7 cm³/mol. The highest BCUT2D eigenvalue weighted by molar-refractivity contribution is 7.05. The van der Waals surface area contributed by atoms with Gasteiger partial charge >= 0.3 is 0 Å². The molecular formula is C14H16Cl2N2OS. The molecule has 0 bridgehead atoms. The number of aliphatic hydroxyl groups is 1. The molecule has 0 fully saturated rings. The predicted octanol–water partition coefficient (Wildman–Crippen LogP) is 4.42. The largest absolute Gasteiger partial charge is 0.387 e. The average molecular weight is 331 g/mol. The maximum atomic E-state index is 10.4. The Kier molecular flexibility index (Phi) is 4.69. The Balaban J connectivity index is 2.25. The van der Waals surface area contributed by atoms with E-state index in [0.29, 0.717) is 16.5 Å². The van der Waals surface area contributed by atoms with Gasteiger partial charge in [-0.15, -0.1) is 5.10 Å². The van der Waals surface area contributed by atoms with E-state index < -0.39 is 6.10 Å². The molecule has 0 radical (unpaired) electrons. The molecule has 0 spiro atoms. The van der Waals surface area contributed by atoms with Gasteiger partial charge in [0.1, 0.15) is 0 Å². The maximum Gasteiger partial charge on any atom is 0.0958 e. The van der Waals surface area contributed by atoms with Crippen molar-refractivity contribution in [3.63, 3.8) is 0 Å². The van der Waals surface area contributed by atoms with E-state index in [4.69, 9.17) is 23.2 Å². The zero-order valence-corrected chi connectivity index (χ0v) is 13.9. The van der Waals surface area contributed by atoms with E-state index in [0.717, 1.165) is 16.1 Å². The third kappa shape index (κ3) is 3.50. The number of hydrogen-bond donors (Lipinski definition) is 1. The molecule has 108 valence electrons. The van der Waals surface area contributed by atoms with E-state index in [1.54, 1.807) is 12.1 Å². The summed E-state index contributed by atoms with van der Waals surface area (Å²) in [6.07, 6.45) is -0.244. The summed E-state index contributed by atoms with van der Waals surface area (Å²) < 4.78 is 3.97. The molecule has 2 aromatic rings. The summed E-state index contributed by atoms with van der Waals surface area (Å²) >= 11 is 13.2. The minimum Gasteiger partial charge on any atom is -0.387 e. The second-order valence-electron chi connectivity index (χ2n) is 5.69. The highest BCUT2D eigenvalue weighted by atomic mass is 35.5. The van der Waals surface area contributed by atoms with E-state index in [-0.39, 0.29) is 5.41 Å². The van der Waals surface area contributed by atoms with E-state index >= 15 is 0 Å². The van der Waals surface area contributed by atoms with Crippen LogP contribution in [0.15, 0.2) is 18.2 Å². The van der Waals surface area contributed by atoms with Gasteiger partial charge < -0.3 is 5.11 Å². The van der Waals surface area contributed by atoms with Gasteiger partial charge in [0.05, 0.1) is 16.7 Å². The minimum atomic E-state index is -0.664. The first-order valence-electron chi connectivity index (χ1n) is 6.23. The zero-order valence-electron chi connectivity index (χ0n) is 11.5. The monoisotopic (exact) mass is 330 g/mol. The summed E-state index contributed by atoms with van der Waals surface area (Å²) in [7, 11) is 0. The van der Waals surface area contributed by atoms with Gasteiger partial charge in [-0.2, -0.15) is 0 Å². The molecule has 1 N–H and O–H groups in total. The molecule has 3 nitrogen and oxygen atoms in total. The van der Waals surface area contributed by atoms with Gasteiger partial charge in [-0.3, -0.25) is 0 Å². The molecule has 6 heteroatoms. The van der Waals surface area contributed by atoms with Crippen LogP contribution in [-0.2, 0) is 11.8 Å². The molecular weight excluding hydrogens is 315 g/mol. The van der Waals surface area contributed by atoms with Gasteiger partial charge in [0.2, 0.25) is 0 Å². The second-order valence-corrected chi connectivity index (χ2v) is 7.32. The lowest BCUT2D eigenvalue weighted by atomic mass is 9.89. The number of nitrogens with zero attached hydrogens (tertiary/aromatic N) is 2. The lowest BCUT2D eigenvalue weighted by Crippen LogP contribution is -2.16. The van der Waals surface area contributed by atoms with Gasteiger partial charge in [-0.05, 0) is 29.2 Å².